The summed E-state index contributed by atoms with van der Waals surface area (Å²) in [7, 11) is 1.61. The van der Waals surface area contributed by atoms with Crippen LogP contribution in [-0.4, -0.2) is 96.5 Å². The monoisotopic (exact) mass is 676 g/mol. The van der Waals surface area contributed by atoms with Crippen LogP contribution in [0, 0.1) is 0 Å². The van der Waals surface area contributed by atoms with E-state index in [1.807, 2.05) is 13.8 Å². The highest BCUT2D eigenvalue weighted by Crippen LogP contribution is 2.32. The molecule has 48 heavy (non-hydrogen) atoms. The predicted octanol–water partition coefficient (Wildman–Crippen LogP) is 1.50. The summed E-state index contributed by atoms with van der Waals surface area (Å²) in [4.78, 5) is 54.1. The summed E-state index contributed by atoms with van der Waals surface area (Å²) in [6.07, 6.45) is 4.78. The van der Waals surface area contributed by atoms with Crippen LogP contribution < -0.4 is 26.1 Å². The zero-order valence-electron chi connectivity index (χ0n) is 29.9. The standard InChI is InChI=1S/C35H57N5O8/c1-8-9-10-11-12-29(42)37-18-20-47-27-22-25(30(36)43)21-26(23-27)32(44)39-16-15-34(3,4)48-35(5,6)33(45)40-28(14-13-24(2)41)31(40)38-17-19-46-7/h21-23,28,32,39,44H,8-20H2,1-7H3,(H2,36,43)(H,37,42)/p+1. The molecular weight excluding hydrogens is 618 g/mol. The van der Waals surface area contributed by atoms with E-state index in [9.17, 15) is 24.3 Å². The van der Waals surface area contributed by atoms with Crippen LogP contribution in [0.5, 0.6) is 5.75 Å². The maximum Gasteiger partial charge on any atom is 0.341 e. The number of nitrogens with two attached hydrogens (primary N) is 1. The van der Waals surface area contributed by atoms with Crippen molar-refractivity contribution in [2.75, 3.05) is 40.0 Å². The van der Waals surface area contributed by atoms with E-state index in [0.717, 1.165) is 31.5 Å². The van der Waals surface area contributed by atoms with Crippen LogP contribution >= 0.6 is 0 Å². The van der Waals surface area contributed by atoms with Crippen LogP contribution in [0.3, 0.4) is 0 Å². The first-order valence-electron chi connectivity index (χ1n) is 17.0. The summed E-state index contributed by atoms with van der Waals surface area (Å²) in [5, 5.41) is 16.8. The van der Waals surface area contributed by atoms with Crippen molar-refractivity contribution in [1.82, 2.24) is 15.5 Å². The van der Waals surface area contributed by atoms with E-state index in [-0.39, 0.29) is 35.8 Å². The van der Waals surface area contributed by atoms with E-state index in [0.29, 0.717) is 63.2 Å². The first-order valence-corrected chi connectivity index (χ1v) is 17.0. The molecular formula is C35H58N5O8+. The van der Waals surface area contributed by atoms with Crippen molar-refractivity contribution in [3.8, 4) is 5.75 Å². The number of carbonyl (C=O) groups is 4. The van der Waals surface area contributed by atoms with Gasteiger partial charge in [0.25, 0.3) is 5.84 Å². The van der Waals surface area contributed by atoms with Crippen molar-refractivity contribution in [2.24, 2.45) is 5.73 Å². The van der Waals surface area contributed by atoms with E-state index >= 15 is 0 Å². The average molecular weight is 677 g/mol. The van der Waals surface area contributed by atoms with Gasteiger partial charge in [-0.25, -0.2) is 4.79 Å². The van der Waals surface area contributed by atoms with Gasteiger partial charge >= 0.3 is 5.91 Å². The molecule has 270 valence electrons. The fourth-order valence-electron chi connectivity index (χ4n) is 5.45. The second-order valence-corrected chi connectivity index (χ2v) is 13.4. The van der Waals surface area contributed by atoms with Gasteiger partial charge in [0, 0.05) is 38.5 Å². The number of aliphatic hydroxyl groups excluding tert-OH is 1. The van der Waals surface area contributed by atoms with Gasteiger partial charge in [0.2, 0.25) is 17.9 Å². The van der Waals surface area contributed by atoms with Gasteiger partial charge in [0.1, 0.15) is 30.9 Å². The van der Waals surface area contributed by atoms with Crippen LogP contribution in [0.1, 0.15) is 115 Å². The summed E-state index contributed by atoms with van der Waals surface area (Å²) >= 11 is 0. The van der Waals surface area contributed by atoms with E-state index in [1.165, 1.54) is 19.1 Å². The molecule has 0 aromatic heterocycles. The normalized spacial score (nSPS) is 16.1. The number of unbranched alkanes of at least 4 members (excludes halogenated alkanes) is 3. The van der Waals surface area contributed by atoms with E-state index in [1.54, 1.807) is 31.9 Å². The van der Waals surface area contributed by atoms with Crippen LogP contribution in [-0.2, 0) is 23.9 Å². The number of nitrogens with zero attached hydrogens (tertiary/aromatic N) is 1. The highest BCUT2D eigenvalue weighted by molar-refractivity contribution is 6.13. The Labute approximate surface area is 285 Å². The maximum absolute atomic E-state index is 13.6. The number of ether oxygens (including phenoxy) is 3. The third kappa shape index (κ3) is 14.0. The number of aliphatic hydroxyl groups is 1. The Morgan fingerprint density at radius 3 is 2.42 bits per heavy atom. The van der Waals surface area contributed by atoms with E-state index < -0.39 is 23.3 Å². The number of Topliss-reactive ketones (excluding diaryl/α,β-unsaturated/α-hetero) is 1. The Balaban J connectivity index is 1.94. The molecule has 13 nitrogen and oxygen atoms in total. The van der Waals surface area contributed by atoms with Crippen molar-refractivity contribution >= 4 is 29.3 Å². The molecule has 1 aromatic carbocycles. The minimum Gasteiger partial charge on any atom is -0.492 e. The Bertz CT molecular complexity index is 1270. The van der Waals surface area contributed by atoms with E-state index in [2.05, 4.69) is 22.5 Å². The molecule has 3 amide bonds. The summed E-state index contributed by atoms with van der Waals surface area (Å²) in [6, 6.07) is 4.43. The molecule has 0 saturated carbocycles. The number of primary amides is 1. The molecule has 0 spiro atoms. The molecule has 6 N–H and O–H groups in total. The third-order valence-electron chi connectivity index (χ3n) is 8.01. The minimum absolute atomic E-state index is 0.0301. The fraction of sp³-hybridized carbons (Fsp3) is 0.686. The number of amides is 3. The van der Waals surface area contributed by atoms with Gasteiger partial charge in [0.05, 0.1) is 18.8 Å². The lowest BCUT2D eigenvalue weighted by Crippen LogP contribution is -2.72. The van der Waals surface area contributed by atoms with Gasteiger partial charge < -0.3 is 35.2 Å². The minimum atomic E-state index is -1.17. The van der Waals surface area contributed by atoms with Crippen LogP contribution in [0.4, 0.5) is 0 Å². The Morgan fingerprint density at radius 1 is 1.04 bits per heavy atom. The topological polar surface area (TPSA) is 183 Å². The van der Waals surface area contributed by atoms with Crippen molar-refractivity contribution in [1.29, 1.82) is 0 Å². The van der Waals surface area contributed by atoms with Gasteiger partial charge in [0.15, 0.2) is 5.60 Å². The second kappa shape index (κ2) is 19.6. The molecule has 2 rings (SSSR count). The molecule has 1 aliphatic heterocycles. The summed E-state index contributed by atoms with van der Waals surface area (Å²) in [6.45, 7) is 12.7. The van der Waals surface area contributed by atoms with Crippen molar-refractivity contribution in [3.63, 3.8) is 0 Å². The zero-order chi connectivity index (χ0) is 35.9. The summed E-state index contributed by atoms with van der Waals surface area (Å²) in [5.74, 6) is 0.266. The average Bonchev–Trinajstić information content (AvgIpc) is 3.71. The highest BCUT2D eigenvalue weighted by atomic mass is 16.5. The molecule has 0 aliphatic carbocycles. The number of amidine groups is 1. The molecule has 1 aromatic rings. The molecule has 2 unspecified atom stereocenters. The number of ketones is 1. The third-order valence-corrected chi connectivity index (χ3v) is 8.01. The predicted molar refractivity (Wildman–Crippen MR) is 182 cm³/mol. The first kappa shape index (κ1) is 40.8. The highest BCUT2D eigenvalue weighted by Gasteiger charge is 2.61. The number of rotatable bonds is 24. The lowest BCUT2D eigenvalue weighted by Gasteiger charge is -2.34. The summed E-state index contributed by atoms with van der Waals surface area (Å²) < 4.78 is 17.2. The van der Waals surface area contributed by atoms with Crippen LogP contribution in [0.15, 0.2) is 18.2 Å². The molecule has 1 heterocycles. The lowest BCUT2D eigenvalue weighted by atomic mass is 10.0. The van der Waals surface area contributed by atoms with Crippen molar-refractivity contribution < 1.29 is 43.5 Å². The van der Waals surface area contributed by atoms with Gasteiger partial charge in [-0.2, -0.15) is 4.90 Å². The van der Waals surface area contributed by atoms with Crippen molar-refractivity contribution in [2.45, 2.75) is 116 Å². The molecule has 13 heteroatoms. The molecule has 2 atom stereocenters. The molecule has 1 fully saturated rings. The lowest BCUT2D eigenvalue weighted by molar-refractivity contribution is -0.460. The number of hydrogen-bond donors (Lipinski definition) is 5. The number of hydrogen-bond acceptors (Lipinski definition) is 9. The quantitative estimate of drug-likeness (QED) is 0.0616. The smallest absolute Gasteiger partial charge is 0.341 e. The zero-order valence-corrected chi connectivity index (χ0v) is 29.9. The Morgan fingerprint density at radius 2 is 1.77 bits per heavy atom. The van der Waals surface area contributed by atoms with Crippen LogP contribution in [0.25, 0.3) is 0 Å². The molecule has 1 saturated heterocycles. The maximum atomic E-state index is 13.6. The largest absolute Gasteiger partial charge is 0.492 e. The summed E-state index contributed by atoms with van der Waals surface area (Å²) in [5.41, 5.74) is 4.17. The molecule has 1 aliphatic rings. The number of methoxy groups -OCH3 is 1. The SMILES string of the molecule is CCCCCCC(=O)NCCOc1cc(C(N)=O)cc(C(O)NCCC(C)(C)OC(C)(C)C(=O)N2C(=[NH+]CCOC)C2CCC(C)=O)c1. The Hall–Kier alpha value is -3.39. The molecule has 0 bridgehead atoms. The number of carbonyl (C=O) groups excluding carboxylic acids is 4. The van der Waals surface area contributed by atoms with Gasteiger partial charge in [-0.1, -0.05) is 26.2 Å². The first-order chi connectivity index (χ1) is 22.6. The fourth-order valence-corrected chi connectivity index (χ4v) is 5.45. The van der Waals surface area contributed by atoms with Gasteiger partial charge in [-0.3, -0.25) is 19.9 Å². The Kier molecular flexibility index (Phi) is 16.6. The van der Waals surface area contributed by atoms with Crippen LogP contribution in [0.2, 0.25) is 0 Å². The van der Waals surface area contributed by atoms with E-state index in [4.69, 9.17) is 19.9 Å². The van der Waals surface area contributed by atoms with Gasteiger partial charge in [-0.15, -0.1) is 0 Å². The van der Waals surface area contributed by atoms with Crippen molar-refractivity contribution in [3.05, 3.63) is 29.3 Å². The number of benzene rings is 1. The molecule has 0 radical (unpaired) electrons. The second-order valence-electron chi connectivity index (χ2n) is 13.4. The number of nitrogens with one attached hydrogen (secondary N) is 3. The van der Waals surface area contributed by atoms with Gasteiger partial charge in [-0.05, 0) is 71.2 Å².